The van der Waals surface area contributed by atoms with Crippen molar-refractivity contribution in [2.45, 2.75) is 0 Å². The van der Waals surface area contributed by atoms with E-state index in [1.165, 1.54) is 6.20 Å². The van der Waals surface area contributed by atoms with Gasteiger partial charge in [-0.25, -0.2) is 0 Å². The van der Waals surface area contributed by atoms with Gasteiger partial charge in [0.2, 0.25) is 5.78 Å². The van der Waals surface area contributed by atoms with E-state index in [9.17, 15) is 4.79 Å². The molecule has 1 aliphatic rings. The maximum atomic E-state index is 10.9. The van der Waals surface area contributed by atoms with Crippen molar-refractivity contribution in [1.29, 1.82) is 0 Å². The highest BCUT2D eigenvalue weighted by Crippen LogP contribution is 2.22. The zero-order valence-electron chi connectivity index (χ0n) is 5.20. The van der Waals surface area contributed by atoms with E-state index < -0.39 is 0 Å². The van der Waals surface area contributed by atoms with Crippen LogP contribution in [0.5, 0.6) is 5.75 Å². The molecule has 0 aromatic carbocycles. The van der Waals surface area contributed by atoms with E-state index in [0.717, 1.165) is 0 Å². The fourth-order valence-corrected chi connectivity index (χ4v) is 0.938. The fourth-order valence-electron chi connectivity index (χ4n) is 0.938. The van der Waals surface area contributed by atoms with Crippen molar-refractivity contribution < 1.29 is 9.53 Å². The number of aromatic nitrogens is 1. The van der Waals surface area contributed by atoms with Crippen LogP contribution in [-0.4, -0.2) is 17.4 Å². The summed E-state index contributed by atoms with van der Waals surface area (Å²) in [5, 5.41) is 0. The van der Waals surface area contributed by atoms with Gasteiger partial charge in [0.1, 0.15) is 5.75 Å². The van der Waals surface area contributed by atoms with Crippen LogP contribution in [0.4, 0.5) is 0 Å². The molecule has 2 rings (SSSR count). The topological polar surface area (TPSA) is 39.2 Å². The molecule has 0 saturated heterocycles. The number of hydrogen-bond donors (Lipinski definition) is 0. The molecule has 0 radical (unpaired) electrons. The maximum Gasteiger partial charge on any atom is 0.205 e. The average molecular weight is 135 g/mol. The smallest absolute Gasteiger partial charge is 0.205 e. The molecule has 0 amide bonds. The minimum absolute atomic E-state index is 0.0168. The number of carbonyl (C=O) groups excluding carboxylic acids is 1. The molecule has 10 heavy (non-hydrogen) atoms. The molecule has 50 valence electrons. The number of ketones is 1. The van der Waals surface area contributed by atoms with E-state index in [4.69, 9.17) is 4.74 Å². The van der Waals surface area contributed by atoms with Crippen LogP contribution >= 0.6 is 0 Å². The van der Waals surface area contributed by atoms with Crippen molar-refractivity contribution in [3.8, 4) is 5.75 Å². The zero-order chi connectivity index (χ0) is 6.97. The Kier molecular flexibility index (Phi) is 0.974. The third-order valence-corrected chi connectivity index (χ3v) is 1.44. The molecule has 0 saturated carbocycles. The predicted molar refractivity (Wildman–Crippen MR) is 34.1 cm³/mol. The highest BCUT2D eigenvalue weighted by Gasteiger charge is 2.19. The summed E-state index contributed by atoms with van der Waals surface area (Å²) in [5.74, 6) is 0.670. The second-order valence-corrected chi connectivity index (χ2v) is 2.08. The van der Waals surface area contributed by atoms with Gasteiger partial charge in [0.25, 0.3) is 0 Å². The van der Waals surface area contributed by atoms with E-state index in [1.54, 1.807) is 12.3 Å². The molecule has 0 fully saturated rings. The van der Waals surface area contributed by atoms with Crippen LogP contribution < -0.4 is 4.74 Å². The SMILES string of the molecule is O=C1COc2ccncc21. The average Bonchev–Trinajstić information content (AvgIpc) is 2.34. The van der Waals surface area contributed by atoms with Gasteiger partial charge >= 0.3 is 0 Å². The van der Waals surface area contributed by atoms with Gasteiger partial charge in [0.15, 0.2) is 6.61 Å². The van der Waals surface area contributed by atoms with Gasteiger partial charge in [-0.15, -0.1) is 0 Å². The molecular weight excluding hydrogens is 130 g/mol. The van der Waals surface area contributed by atoms with Crippen LogP contribution in [0.15, 0.2) is 18.5 Å². The number of hydrogen-bond acceptors (Lipinski definition) is 3. The number of pyridine rings is 1. The first-order valence-electron chi connectivity index (χ1n) is 2.98. The van der Waals surface area contributed by atoms with Gasteiger partial charge < -0.3 is 4.74 Å². The molecule has 0 aliphatic carbocycles. The van der Waals surface area contributed by atoms with E-state index in [2.05, 4.69) is 4.98 Å². The molecule has 2 heterocycles. The summed E-state index contributed by atoms with van der Waals surface area (Å²) >= 11 is 0. The number of carbonyl (C=O) groups is 1. The summed E-state index contributed by atoms with van der Waals surface area (Å²) in [6, 6.07) is 1.69. The van der Waals surface area contributed by atoms with Crippen molar-refractivity contribution in [1.82, 2.24) is 4.98 Å². The molecule has 0 unspecified atom stereocenters. The lowest BCUT2D eigenvalue weighted by molar-refractivity contribution is 0.0961. The molecule has 1 aliphatic heterocycles. The van der Waals surface area contributed by atoms with Gasteiger partial charge in [0.05, 0.1) is 5.56 Å². The Bertz CT molecular complexity index is 283. The minimum Gasteiger partial charge on any atom is -0.485 e. The van der Waals surface area contributed by atoms with Gasteiger partial charge in [-0.05, 0) is 6.07 Å². The lowest BCUT2D eigenvalue weighted by atomic mass is 10.2. The van der Waals surface area contributed by atoms with Gasteiger partial charge in [-0.1, -0.05) is 0 Å². The molecule has 3 nitrogen and oxygen atoms in total. The molecule has 0 atom stereocenters. The summed E-state index contributed by atoms with van der Waals surface area (Å²) < 4.78 is 5.02. The molecule has 0 bridgehead atoms. The zero-order valence-corrected chi connectivity index (χ0v) is 5.20. The van der Waals surface area contributed by atoms with Crippen LogP contribution in [0.2, 0.25) is 0 Å². The van der Waals surface area contributed by atoms with E-state index in [1.807, 2.05) is 0 Å². The largest absolute Gasteiger partial charge is 0.485 e. The van der Waals surface area contributed by atoms with Crippen molar-refractivity contribution in [3.63, 3.8) is 0 Å². The third-order valence-electron chi connectivity index (χ3n) is 1.44. The molecule has 0 spiro atoms. The summed E-state index contributed by atoms with van der Waals surface area (Å²) in [7, 11) is 0. The van der Waals surface area contributed by atoms with Gasteiger partial charge in [-0.2, -0.15) is 0 Å². The van der Waals surface area contributed by atoms with Crippen molar-refractivity contribution in [2.24, 2.45) is 0 Å². The fraction of sp³-hybridized carbons (Fsp3) is 0.143. The van der Waals surface area contributed by atoms with Crippen molar-refractivity contribution in [3.05, 3.63) is 24.0 Å². The van der Waals surface area contributed by atoms with Crippen LogP contribution in [-0.2, 0) is 0 Å². The molecule has 3 heteroatoms. The van der Waals surface area contributed by atoms with Crippen LogP contribution in [0, 0.1) is 0 Å². The standard InChI is InChI=1S/C7H5NO2/c9-6-4-10-7-1-2-8-3-5(6)7/h1-3H,4H2. The Balaban J connectivity index is 2.61. The normalized spacial score (nSPS) is 14.6. The molecule has 1 aromatic heterocycles. The quantitative estimate of drug-likeness (QED) is 0.524. The maximum absolute atomic E-state index is 10.9. The summed E-state index contributed by atoms with van der Waals surface area (Å²) in [6.45, 7) is 0.168. The third kappa shape index (κ3) is 0.603. The lowest BCUT2D eigenvalue weighted by Gasteiger charge is -1.91. The second kappa shape index (κ2) is 1.80. The Morgan fingerprint density at radius 3 is 3.30 bits per heavy atom. The van der Waals surface area contributed by atoms with E-state index >= 15 is 0 Å². The van der Waals surface area contributed by atoms with Crippen LogP contribution in [0.25, 0.3) is 0 Å². The summed E-state index contributed by atoms with van der Waals surface area (Å²) in [6.07, 6.45) is 3.14. The highest BCUT2D eigenvalue weighted by molar-refractivity contribution is 6.01. The van der Waals surface area contributed by atoms with E-state index in [0.29, 0.717) is 11.3 Å². The summed E-state index contributed by atoms with van der Waals surface area (Å²) in [5.41, 5.74) is 0.600. The Morgan fingerprint density at radius 1 is 1.60 bits per heavy atom. The number of fused-ring (bicyclic) bond motifs is 1. The number of nitrogens with zero attached hydrogens (tertiary/aromatic N) is 1. The Labute approximate surface area is 57.7 Å². The molecule has 0 N–H and O–H groups in total. The number of Topliss-reactive ketones (excluding diaryl/α,β-unsaturated/α-hetero) is 1. The first kappa shape index (κ1) is 5.41. The van der Waals surface area contributed by atoms with Gasteiger partial charge in [0, 0.05) is 12.4 Å². The Hall–Kier alpha value is -1.38. The number of rotatable bonds is 0. The predicted octanol–water partition coefficient (Wildman–Crippen LogP) is 0.657. The first-order chi connectivity index (χ1) is 4.88. The van der Waals surface area contributed by atoms with Crippen molar-refractivity contribution in [2.75, 3.05) is 6.61 Å². The highest BCUT2D eigenvalue weighted by atomic mass is 16.5. The lowest BCUT2D eigenvalue weighted by Crippen LogP contribution is -1.98. The minimum atomic E-state index is 0.0168. The van der Waals surface area contributed by atoms with Crippen LogP contribution in [0.1, 0.15) is 10.4 Å². The van der Waals surface area contributed by atoms with Crippen LogP contribution in [0.3, 0.4) is 0 Å². The molecule has 1 aromatic rings. The van der Waals surface area contributed by atoms with E-state index in [-0.39, 0.29) is 12.4 Å². The van der Waals surface area contributed by atoms with Gasteiger partial charge in [-0.3, -0.25) is 9.78 Å². The monoisotopic (exact) mass is 135 g/mol. The van der Waals surface area contributed by atoms with Crippen molar-refractivity contribution >= 4 is 5.78 Å². The summed E-state index contributed by atoms with van der Waals surface area (Å²) in [4.78, 5) is 14.7. The Morgan fingerprint density at radius 2 is 2.50 bits per heavy atom. The first-order valence-corrected chi connectivity index (χ1v) is 2.98. The molecular formula is C7H5NO2. The number of ether oxygens (including phenoxy) is 1. The second-order valence-electron chi connectivity index (χ2n) is 2.08.